The Bertz CT molecular complexity index is 1140. The molecule has 41 heavy (non-hydrogen) atoms. The van der Waals surface area contributed by atoms with Gasteiger partial charge in [-0.3, -0.25) is 14.4 Å². The maximum Gasteiger partial charge on any atom is 0.248 e. The van der Waals surface area contributed by atoms with Crippen molar-refractivity contribution < 1.29 is 24.2 Å². The predicted octanol–water partition coefficient (Wildman–Crippen LogP) is 3.94. The van der Waals surface area contributed by atoms with E-state index in [4.69, 9.17) is 4.74 Å². The number of benzene rings is 1. The third kappa shape index (κ3) is 5.25. The predicted molar refractivity (Wildman–Crippen MR) is 159 cm³/mol. The van der Waals surface area contributed by atoms with Crippen LogP contribution in [0.2, 0.25) is 0 Å². The minimum atomic E-state index is -1.14. The van der Waals surface area contributed by atoms with Gasteiger partial charge in [0, 0.05) is 25.7 Å². The van der Waals surface area contributed by atoms with Crippen molar-refractivity contribution in [2.75, 3.05) is 19.7 Å². The van der Waals surface area contributed by atoms with Crippen LogP contribution >= 0.6 is 0 Å². The fraction of sp³-hybridized carbons (Fsp3) is 0.606. The maximum atomic E-state index is 14.5. The molecule has 3 heterocycles. The van der Waals surface area contributed by atoms with Gasteiger partial charge >= 0.3 is 0 Å². The summed E-state index contributed by atoms with van der Waals surface area (Å²) in [5.74, 6) is -2.18. The number of aliphatic hydroxyl groups is 1. The van der Waals surface area contributed by atoms with Crippen LogP contribution in [0, 0.1) is 11.8 Å². The topological polar surface area (TPSA) is 90.4 Å². The number of carbonyl (C=O) groups is 3. The summed E-state index contributed by atoms with van der Waals surface area (Å²) >= 11 is 0. The van der Waals surface area contributed by atoms with Crippen molar-refractivity contribution in [2.24, 2.45) is 11.8 Å². The summed E-state index contributed by atoms with van der Waals surface area (Å²) in [5.41, 5.74) is -1.03. The Hall–Kier alpha value is -2.97. The smallest absolute Gasteiger partial charge is 0.248 e. The van der Waals surface area contributed by atoms with E-state index in [1.54, 1.807) is 26.9 Å². The van der Waals surface area contributed by atoms with Gasteiger partial charge < -0.3 is 24.5 Å². The lowest BCUT2D eigenvalue weighted by Gasteiger charge is -2.41. The second kappa shape index (κ2) is 12.5. The van der Waals surface area contributed by atoms with Crippen molar-refractivity contribution in [2.45, 2.75) is 95.7 Å². The first kappa shape index (κ1) is 31.0. The highest BCUT2D eigenvalue weighted by molar-refractivity contribution is 5.99. The zero-order valence-electron chi connectivity index (χ0n) is 25.1. The van der Waals surface area contributed by atoms with E-state index in [1.165, 1.54) is 0 Å². The van der Waals surface area contributed by atoms with Gasteiger partial charge in [-0.15, -0.1) is 13.2 Å². The molecule has 3 aliphatic heterocycles. The van der Waals surface area contributed by atoms with Gasteiger partial charge in [0.05, 0.1) is 30.1 Å². The fourth-order valence-electron chi connectivity index (χ4n) is 7.57. The molecule has 7 atom stereocenters. The van der Waals surface area contributed by atoms with Crippen molar-refractivity contribution in [3.8, 4) is 0 Å². The summed E-state index contributed by atoms with van der Waals surface area (Å²) in [5, 5.41) is 10.4. The summed E-state index contributed by atoms with van der Waals surface area (Å²) in [6, 6.07) is 8.22. The quantitative estimate of drug-likeness (QED) is 0.345. The molecule has 1 spiro atoms. The molecule has 3 unspecified atom stereocenters. The molecular formula is C33H47N3O5. The second-order valence-corrected chi connectivity index (χ2v) is 12.1. The van der Waals surface area contributed by atoms with Crippen LogP contribution in [0.3, 0.4) is 0 Å². The number of rotatable bonds is 14. The van der Waals surface area contributed by atoms with Crippen molar-refractivity contribution in [1.82, 2.24) is 14.7 Å². The van der Waals surface area contributed by atoms with Crippen LogP contribution in [0.4, 0.5) is 0 Å². The number of hydrogen-bond acceptors (Lipinski definition) is 5. The summed E-state index contributed by atoms with van der Waals surface area (Å²) in [7, 11) is 0. The van der Waals surface area contributed by atoms with Gasteiger partial charge in [-0.05, 0) is 45.1 Å². The minimum absolute atomic E-state index is 0.0623. The summed E-state index contributed by atoms with van der Waals surface area (Å²) in [4.78, 5) is 48.5. The SMILES string of the molecule is C=CCN(Cc1ccccc1)C(=O)[C@H]1[C@H]2C(=O)N([C@@H](CC)CO)C(C(=O)N(CC=C)C(C)CCC)C23CC[C@]1(C)O3. The Morgan fingerprint density at radius 3 is 2.41 bits per heavy atom. The number of carbonyl (C=O) groups excluding carboxylic acids is 3. The standard InChI is InChI=1S/C33H47N3O5/c1-7-14-23(5)35(20-9-3)31(40)28-33-18-17-32(6,41-33)26(27(33)30(39)36(28)25(10-4)22-37)29(38)34(19-8-2)21-24-15-12-11-13-16-24/h8-9,11-13,15-16,23,25-28,37H,2-3,7,10,14,17-22H2,1,4-6H3/t23?,25-,26+,27-,28?,32-,33?/m0/s1. The minimum Gasteiger partial charge on any atom is -0.394 e. The molecule has 1 aromatic rings. The molecule has 224 valence electrons. The molecule has 0 aromatic heterocycles. The van der Waals surface area contributed by atoms with E-state index in [2.05, 4.69) is 20.1 Å². The van der Waals surface area contributed by atoms with Crippen LogP contribution in [-0.4, -0.2) is 86.6 Å². The van der Waals surface area contributed by atoms with E-state index < -0.39 is 35.1 Å². The van der Waals surface area contributed by atoms with Crippen molar-refractivity contribution >= 4 is 17.7 Å². The monoisotopic (exact) mass is 565 g/mol. The third-order valence-electron chi connectivity index (χ3n) is 9.51. The van der Waals surface area contributed by atoms with E-state index in [-0.39, 0.29) is 30.4 Å². The first-order valence-corrected chi connectivity index (χ1v) is 15.1. The molecule has 3 aliphatic rings. The average Bonchev–Trinajstić information content (AvgIpc) is 3.53. The number of hydrogen-bond donors (Lipinski definition) is 1. The maximum absolute atomic E-state index is 14.5. The zero-order valence-corrected chi connectivity index (χ0v) is 25.1. The van der Waals surface area contributed by atoms with Gasteiger partial charge in [-0.1, -0.05) is 62.8 Å². The fourth-order valence-corrected chi connectivity index (χ4v) is 7.57. The second-order valence-electron chi connectivity index (χ2n) is 12.1. The summed E-state index contributed by atoms with van der Waals surface area (Å²) in [6.45, 7) is 16.5. The van der Waals surface area contributed by atoms with Crippen LogP contribution < -0.4 is 0 Å². The zero-order chi connectivity index (χ0) is 29.9. The third-order valence-corrected chi connectivity index (χ3v) is 9.51. The van der Waals surface area contributed by atoms with Gasteiger partial charge in [-0.2, -0.15) is 0 Å². The van der Waals surface area contributed by atoms with E-state index in [9.17, 15) is 19.5 Å². The Morgan fingerprint density at radius 2 is 1.83 bits per heavy atom. The van der Waals surface area contributed by atoms with Gasteiger partial charge in [-0.25, -0.2) is 0 Å². The first-order valence-electron chi connectivity index (χ1n) is 15.1. The molecule has 0 saturated carbocycles. The van der Waals surface area contributed by atoms with Gasteiger partial charge in [0.2, 0.25) is 17.7 Å². The number of ether oxygens (including phenoxy) is 1. The highest BCUT2D eigenvalue weighted by Gasteiger charge is 2.78. The van der Waals surface area contributed by atoms with E-state index in [0.29, 0.717) is 38.9 Å². The van der Waals surface area contributed by atoms with Crippen molar-refractivity contribution in [3.05, 3.63) is 61.2 Å². The van der Waals surface area contributed by atoms with Crippen LogP contribution in [0.5, 0.6) is 0 Å². The molecule has 1 aromatic carbocycles. The van der Waals surface area contributed by atoms with Gasteiger partial charge in [0.25, 0.3) is 0 Å². The molecule has 8 nitrogen and oxygen atoms in total. The Morgan fingerprint density at radius 1 is 1.15 bits per heavy atom. The highest BCUT2D eigenvalue weighted by Crippen LogP contribution is 2.64. The lowest BCUT2D eigenvalue weighted by atomic mass is 9.66. The number of amides is 3. The first-order chi connectivity index (χ1) is 19.6. The lowest BCUT2D eigenvalue weighted by Crippen LogP contribution is -2.60. The highest BCUT2D eigenvalue weighted by atomic mass is 16.5. The van der Waals surface area contributed by atoms with Crippen molar-refractivity contribution in [1.29, 1.82) is 0 Å². The molecule has 0 aliphatic carbocycles. The molecule has 0 radical (unpaired) electrons. The van der Waals surface area contributed by atoms with E-state index >= 15 is 0 Å². The molecule has 3 fully saturated rings. The lowest BCUT2D eigenvalue weighted by molar-refractivity contribution is -0.157. The number of likely N-dealkylation sites (tertiary alicyclic amines) is 1. The largest absolute Gasteiger partial charge is 0.394 e. The molecule has 8 heteroatoms. The van der Waals surface area contributed by atoms with E-state index in [0.717, 1.165) is 18.4 Å². The van der Waals surface area contributed by atoms with Crippen LogP contribution in [-0.2, 0) is 25.7 Å². The molecular weight excluding hydrogens is 518 g/mol. The van der Waals surface area contributed by atoms with E-state index in [1.807, 2.05) is 51.1 Å². The van der Waals surface area contributed by atoms with Gasteiger partial charge in [0.1, 0.15) is 11.6 Å². The Labute approximate surface area is 245 Å². The normalized spacial score (nSPS) is 29.6. The molecule has 2 bridgehead atoms. The average molecular weight is 566 g/mol. The number of aliphatic hydroxyl groups excluding tert-OH is 1. The molecule has 4 rings (SSSR count). The molecule has 1 N–H and O–H groups in total. The molecule has 3 amide bonds. The number of nitrogens with zero attached hydrogens (tertiary/aromatic N) is 3. The number of fused-ring (bicyclic) bond motifs is 1. The van der Waals surface area contributed by atoms with Crippen LogP contribution in [0.15, 0.2) is 55.6 Å². The summed E-state index contributed by atoms with van der Waals surface area (Å²) in [6.07, 6.45) is 6.67. The molecule has 3 saturated heterocycles. The van der Waals surface area contributed by atoms with Crippen LogP contribution in [0.1, 0.15) is 65.4 Å². The Balaban J connectivity index is 1.78. The van der Waals surface area contributed by atoms with Crippen LogP contribution in [0.25, 0.3) is 0 Å². The Kier molecular flexibility index (Phi) is 9.44. The van der Waals surface area contributed by atoms with Crippen molar-refractivity contribution in [3.63, 3.8) is 0 Å². The summed E-state index contributed by atoms with van der Waals surface area (Å²) < 4.78 is 6.83. The van der Waals surface area contributed by atoms with Gasteiger partial charge in [0.15, 0.2) is 0 Å².